The first-order valence-corrected chi connectivity index (χ1v) is 8.29. The Morgan fingerprint density at radius 2 is 1.64 bits per heavy atom. The smallest absolute Gasteiger partial charge is 0.256 e. The first-order valence-electron chi connectivity index (χ1n) is 7.42. The number of aryl methyl sites for hydroxylation is 1. The van der Waals surface area contributed by atoms with E-state index in [0.29, 0.717) is 0 Å². The Morgan fingerprint density at radius 1 is 1.00 bits per heavy atom. The molecule has 0 unspecified atom stereocenters. The lowest BCUT2D eigenvalue weighted by Gasteiger charge is -2.13. The van der Waals surface area contributed by atoms with Gasteiger partial charge in [-0.2, -0.15) is 0 Å². The van der Waals surface area contributed by atoms with Crippen LogP contribution in [0.15, 0.2) is 29.6 Å². The third kappa shape index (κ3) is 3.20. The van der Waals surface area contributed by atoms with Crippen molar-refractivity contribution in [1.29, 1.82) is 0 Å². The number of hydrogen-bond acceptors (Lipinski definition) is 3. The predicted molar refractivity (Wildman–Crippen MR) is 89.7 cm³/mol. The van der Waals surface area contributed by atoms with Gasteiger partial charge in [-0.05, 0) is 55.5 Å². The van der Waals surface area contributed by atoms with Crippen LogP contribution in [0.1, 0.15) is 40.6 Å². The Hall–Kier alpha value is -2.14. The fraction of sp³-hybridized carbons (Fsp3) is 0.294. The first kappa shape index (κ1) is 14.8. The molecule has 1 aromatic heterocycles. The van der Waals surface area contributed by atoms with Crippen LogP contribution in [0.2, 0.25) is 0 Å². The SMILES string of the molecule is CC(=O)Nc1ccc(NC(=O)c2csc3c2CCCC3)cc1. The van der Waals surface area contributed by atoms with E-state index in [9.17, 15) is 9.59 Å². The van der Waals surface area contributed by atoms with E-state index in [4.69, 9.17) is 0 Å². The van der Waals surface area contributed by atoms with Crippen molar-refractivity contribution in [2.45, 2.75) is 32.6 Å². The zero-order chi connectivity index (χ0) is 15.5. The topological polar surface area (TPSA) is 58.2 Å². The number of nitrogens with one attached hydrogen (secondary N) is 2. The molecular weight excluding hydrogens is 296 g/mol. The molecule has 2 amide bonds. The van der Waals surface area contributed by atoms with Gasteiger partial charge in [0.15, 0.2) is 0 Å². The number of rotatable bonds is 3. The minimum Gasteiger partial charge on any atom is -0.326 e. The van der Waals surface area contributed by atoms with Gasteiger partial charge in [0.05, 0.1) is 5.56 Å². The molecule has 2 N–H and O–H groups in total. The molecule has 0 saturated heterocycles. The largest absolute Gasteiger partial charge is 0.326 e. The van der Waals surface area contributed by atoms with Gasteiger partial charge in [-0.15, -0.1) is 11.3 Å². The molecular formula is C17H18N2O2S. The minimum atomic E-state index is -0.110. The number of carbonyl (C=O) groups excluding carboxylic acids is 2. The van der Waals surface area contributed by atoms with E-state index in [0.717, 1.165) is 36.2 Å². The number of amides is 2. The molecule has 3 rings (SSSR count). The summed E-state index contributed by atoms with van der Waals surface area (Å²) >= 11 is 1.69. The van der Waals surface area contributed by atoms with E-state index < -0.39 is 0 Å². The second kappa shape index (κ2) is 6.32. The maximum atomic E-state index is 12.4. The molecule has 1 aliphatic rings. The lowest BCUT2D eigenvalue weighted by atomic mass is 9.95. The van der Waals surface area contributed by atoms with Crippen molar-refractivity contribution in [1.82, 2.24) is 0 Å². The van der Waals surface area contributed by atoms with E-state index in [1.165, 1.54) is 23.8 Å². The lowest BCUT2D eigenvalue weighted by molar-refractivity contribution is -0.114. The highest BCUT2D eigenvalue weighted by atomic mass is 32.1. The van der Waals surface area contributed by atoms with Crippen molar-refractivity contribution in [3.63, 3.8) is 0 Å². The summed E-state index contributed by atoms with van der Waals surface area (Å²) < 4.78 is 0. The zero-order valence-electron chi connectivity index (χ0n) is 12.4. The Balaban J connectivity index is 1.71. The van der Waals surface area contributed by atoms with E-state index in [-0.39, 0.29) is 11.8 Å². The van der Waals surface area contributed by atoms with Crippen LogP contribution >= 0.6 is 11.3 Å². The summed E-state index contributed by atoms with van der Waals surface area (Å²) in [5.41, 5.74) is 3.49. The van der Waals surface area contributed by atoms with E-state index in [1.807, 2.05) is 5.38 Å². The Kier molecular flexibility index (Phi) is 4.24. The van der Waals surface area contributed by atoms with Crippen LogP contribution in [0.3, 0.4) is 0 Å². The summed E-state index contributed by atoms with van der Waals surface area (Å²) in [7, 11) is 0. The van der Waals surface area contributed by atoms with Gasteiger partial charge in [0, 0.05) is 28.6 Å². The quantitative estimate of drug-likeness (QED) is 0.904. The van der Waals surface area contributed by atoms with Crippen molar-refractivity contribution in [3.8, 4) is 0 Å². The maximum Gasteiger partial charge on any atom is 0.256 e. The van der Waals surface area contributed by atoms with Crippen LogP contribution in [0.4, 0.5) is 11.4 Å². The highest BCUT2D eigenvalue weighted by molar-refractivity contribution is 7.10. The number of hydrogen-bond donors (Lipinski definition) is 2. The third-order valence-electron chi connectivity index (χ3n) is 3.77. The molecule has 0 aliphatic heterocycles. The first-order chi connectivity index (χ1) is 10.6. The Bertz CT molecular complexity index is 704. The molecule has 0 radical (unpaired) electrons. The number of fused-ring (bicyclic) bond motifs is 1. The summed E-state index contributed by atoms with van der Waals surface area (Å²) in [6.45, 7) is 1.47. The second-order valence-electron chi connectivity index (χ2n) is 5.47. The van der Waals surface area contributed by atoms with Gasteiger partial charge in [0.25, 0.3) is 5.91 Å². The van der Waals surface area contributed by atoms with Crippen molar-refractivity contribution in [2.24, 2.45) is 0 Å². The fourth-order valence-electron chi connectivity index (χ4n) is 2.72. The molecule has 1 heterocycles. The molecule has 0 saturated carbocycles. The van der Waals surface area contributed by atoms with E-state index in [2.05, 4.69) is 10.6 Å². The Morgan fingerprint density at radius 3 is 2.32 bits per heavy atom. The fourth-order valence-corrected chi connectivity index (χ4v) is 3.85. The van der Waals surface area contributed by atoms with Crippen molar-refractivity contribution >= 4 is 34.5 Å². The van der Waals surface area contributed by atoms with Gasteiger partial charge in [0.1, 0.15) is 0 Å². The van der Waals surface area contributed by atoms with Crippen molar-refractivity contribution < 1.29 is 9.59 Å². The van der Waals surface area contributed by atoms with Gasteiger partial charge in [-0.25, -0.2) is 0 Å². The molecule has 0 atom stereocenters. The van der Waals surface area contributed by atoms with Crippen molar-refractivity contribution in [3.05, 3.63) is 45.6 Å². The summed E-state index contributed by atoms with van der Waals surface area (Å²) in [6, 6.07) is 7.14. The monoisotopic (exact) mass is 314 g/mol. The standard InChI is InChI=1S/C17H18N2O2S/c1-11(20)18-12-6-8-13(9-7-12)19-17(21)15-10-22-16-5-3-2-4-14(15)16/h6-10H,2-5H2,1H3,(H,18,20)(H,19,21). The molecule has 5 heteroatoms. The number of carbonyl (C=O) groups is 2. The summed E-state index contributed by atoms with van der Waals surface area (Å²) in [4.78, 5) is 24.8. The predicted octanol–water partition coefficient (Wildman–Crippen LogP) is 3.84. The summed E-state index contributed by atoms with van der Waals surface area (Å²) in [5.74, 6) is -0.159. The van der Waals surface area contributed by atoms with Gasteiger partial charge >= 0.3 is 0 Å². The highest BCUT2D eigenvalue weighted by Gasteiger charge is 2.20. The zero-order valence-corrected chi connectivity index (χ0v) is 13.3. The lowest BCUT2D eigenvalue weighted by Crippen LogP contribution is -2.14. The van der Waals surface area contributed by atoms with Gasteiger partial charge in [-0.1, -0.05) is 0 Å². The van der Waals surface area contributed by atoms with Crippen molar-refractivity contribution in [2.75, 3.05) is 10.6 Å². The van der Waals surface area contributed by atoms with E-state index >= 15 is 0 Å². The molecule has 2 aromatic rings. The summed E-state index contributed by atoms with van der Waals surface area (Å²) in [5, 5.41) is 7.60. The van der Waals surface area contributed by atoms with E-state index in [1.54, 1.807) is 35.6 Å². The highest BCUT2D eigenvalue weighted by Crippen LogP contribution is 2.30. The van der Waals surface area contributed by atoms with Gasteiger partial charge < -0.3 is 10.6 Å². The third-order valence-corrected chi connectivity index (χ3v) is 4.86. The minimum absolute atomic E-state index is 0.0494. The molecule has 0 bridgehead atoms. The molecule has 0 spiro atoms. The molecule has 1 aliphatic carbocycles. The van der Waals surface area contributed by atoms with Crippen LogP contribution in [-0.4, -0.2) is 11.8 Å². The van der Waals surface area contributed by atoms with Crippen LogP contribution in [-0.2, 0) is 17.6 Å². The number of anilines is 2. The van der Waals surface area contributed by atoms with Crippen LogP contribution in [0.5, 0.6) is 0 Å². The molecule has 0 fully saturated rings. The molecule has 22 heavy (non-hydrogen) atoms. The average Bonchev–Trinajstić information content (AvgIpc) is 2.93. The van der Waals surface area contributed by atoms with Crippen LogP contribution < -0.4 is 10.6 Å². The Labute approximate surface area is 133 Å². The van der Waals surface area contributed by atoms with Crippen LogP contribution in [0, 0.1) is 0 Å². The normalized spacial score (nSPS) is 13.3. The number of benzene rings is 1. The molecule has 1 aromatic carbocycles. The second-order valence-corrected chi connectivity index (χ2v) is 6.44. The van der Waals surface area contributed by atoms with Crippen LogP contribution in [0.25, 0.3) is 0 Å². The molecule has 114 valence electrons. The van der Waals surface area contributed by atoms with Gasteiger partial charge in [0.2, 0.25) is 5.91 Å². The summed E-state index contributed by atoms with van der Waals surface area (Å²) in [6.07, 6.45) is 4.48. The molecule has 4 nitrogen and oxygen atoms in total. The maximum absolute atomic E-state index is 12.4. The average molecular weight is 314 g/mol. The van der Waals surface area contributed by atoms with Gasteiger partial charge in [-0.3, -0.25) is 9.59 Å². The number of thiophene rings is 1.